The molecule has 2 aromatic carbocycles. The minimum atomic E-state index is -4.63. The molecule has 3 rings (SSSR count). The summed E-state index contributed by atoms with van der Waals surface area (Å²) in [6, 6.07) is 10.4. The number of benzene rings is 2. The monoisotopic (exact) mass is 555 g/mol. The van der Waals surface area contributed by atoms with Crippen molar-refractivity contribution in [3.8, 4) is 16.9 Å². The third-order valence-corrected chi connectivity index (χ3v) is 8.54. The molecule has 1 fully saturated rings. The molecule has 1 heterocycles. The van der Waals surface area contributed by atoms with Crippen LogP contribution in [-0.4, -0.2) is 75.0 Å². The maximum atomic E-state index is 13.4. The van der Waals surface area contributed by atoms with Crippen molar-refractivity contribution < 1.29 is 45.4 Å². The van der Waals surface area contributed by atoms with Crippen molar-refractivity contribution >= 4 is 28.2 Å². The minimum absolute atomic E-state index is 0. The number of piperidine rings is 1. The van der Waals surface area contributed by atoms with Gasteiger partial charge in [-0.1, -0.05) is 24.3 Å². The zero-order valence-corrected chi connectivity index (χ0v) is 20.8. The van der Waals surface area contributed by atoms with Crippen LogP contribution in [-0.2, 0) is 19.4 Å². The van der Waals surface area contributed by atoms with Crippen LogP contribution in [0.4, 0.5) is 17.6 Å². The van der Waals surface area contributed by atoms with Crippen LogP contribution in [0.1, 0.15) is 12.8 Å². The summed E-state index contributed by atoms with van der Waals surface area (Å²) in [7, 11) is -2.68. The van der Waals surface area contributed by atoms with Crippen molar-refractivity contribution in [3.05, 3.63) is 48.5 Å². The predicted octanol–water partition coefficient (Wildman–Crippen LogP) is 4.35. The van der Waals surface area contributed by atoms with E-state index in [1.54, 1.807) is 7.11 Å². The lowest BCUT2D eigenvalue weighted by molar-refractivity contribution is -0.253. The van der Waals surface area contributed by atoms with E-state index in [-0.39, 0.29) is 30.1 Å². The molecule has 2 aromatic rings. The number of sulfone groups is 1. The fourth-order valence-electron chi connectivity index (χ4n) is 3.92. The standard InChI is InChI=1S/C23H25F4NO6S.ClH/c1-33-15-14-28-12-10-22(11-13-28,21(29)30)35(31,32)19-8-4-17(5-9-19)16-2-6-18(7-3-16)34-23(26,27)20(24)25;/h2-9,20H,10-15H2,1H3,(H,29,30);1H. The Morgan fingerprint density at radius 1 is 1.06 bits per heavy atom. The summed E-state index contributed by atoms with van der Waals surface area (Å²) >= 11 is 0. The highest BCUT2D eigenvalue weighted by atomic mass is 35.5. The van der Waals surface area contributed by atoms with Gasteiger partial charge in [-0.15, -0.1) is 12.4 Å². The van der Waals surface area contributed by atoms with Crippen molar-refractivity contribution in [2.24, 2.45) is 0 Å². The largest absolute Gasteiger partial charge is 0.480 e. The Labute approximate surface area is 212 Å². The second-order valence-electron chi connectivity index (χ2n) is 8.15. The van der Waals surface area contributed by atoms with Gasteiger partial charge in [-0.3, -0.25) is 4.79 Å². The molecule has 0 atom stereocenters. The normalized spacial score (nSPS) is 16.4. The predicted molar refractivity (Wildman–Crippen MR) is 126 cm³/mol. The van der Waals surface area contributed by atoms with Crippen molar-refractivity contribution in [2.45, 2.75) is 35.0 Å². The fraction of sp³-hybridized carbons (Fsp3) is 0.435. The van der Waals surface area contributed by atoms with Crippen LogP contribution in [0.3, 0.4) is 0 Å². The van der Waals surface area contributed by atoms with Crippen molar-refractivity contribution in [3.63, 3.8) is 0 Å². The summed E-state index contributed by atoms with van der Waals surface area (Å²) in [5, 5.41) is 9.89. The third kappa shape index (κ3) is 6.10. The maximum absolute atomic E-state index is 13.4. The first-order chi connectivity index (χ1) is 16.4. The molecule has 0 aromatic heterocycles. The van der Waals surface area contributed by atoms with Crippen LogP contribution in [0.25, 0.3) is 11.1 Å². The molecule has 0 bridgehead atoms. The van der Waals surface area contributed by atoms with Gasteiger partial charge < -0.3 is 19.5 Å². The number of hydrogen-bond donors (Lipinski definition) is 1. The van der Waals surface area contributed by atoms with Gasteiger partial charge in [0, 0.05) is 26.7 Å². The Morgan fingerprint density at radius 2 is 1.56 bits per heavy atom. The highest BCUT2D eigenvalue weighted by Gasteiger charge is 2.53. The molecule has 36 heavy (non-hydrogen) atoms. The van der Waals surface area contributed by atoms with E-state index >= 15 is 0 Å². The van der Waals surface area contributed by atoms with Gasteiger partial charge >= 0.3 is 18.5 Å². The molecule has 1 saturated heterocycles. The van der Waals surface area contributed by atoms with Crippen LogP contribution in [0, 0.1) is 0 Å². The molecule has 1 aliphatic heterocycles. The molecular formula is C23H26ClF4NO6S. The van der Waals surface area contributed by atoms with E-state index in [4.69, 9.17) is 4.74 Å². The van der Waals surface area contributed by atoms with E-state index in [1.807, 2.05) is 4.90 Å². The van der Waals surface area contributed by atoms with Gasteiger partial charge in [0.05, 0.1) is 11.5 Å². The lowest BCUT2D eigenvalue weighted by atomic mass is 9.96. The second kappa shape index (κ2) is 11.8. The van der Waals surface area contributed by atoms with Crippen LogP contribution in [0.2, 0.25) is 0 Å². The number of carbonyl (C=O) groups is 1. The number of ether oxygens (including phenoxy) is 2. The van der Waals surface area contributed by atoms with Gasteiger partial charge in [-0.2, -0.15) is 17.6 Å². The molecule has 7 nitrogen and oxygen atoms in total. The van der Waals surface area contributed by atoms with Gasteiger partial charge in [0.2, 0.25) is 0 Å². The Kier molecular flexibility index (Phi) is 9.74. The minimum Gasteiger partial charge on any atom is -0.480 e. The number of nitrogens with zero attached hydrogens (tertiary/aromatic N) is 1. The quantitative estimate of drug-likeness (QED) is 0.436. The number of halogens is 5. The van der Waals surface area contributed by atoms with E-state index in [9.17, 15) is 35.9 Å². The van der Waals surface area contributed by atoms with E-state index in [1.165, 1.54) is 36.4 Å². The summed E-state index contributed by atoms with van der Waals surface area (Å²) in [5.41, 5.74) is 0.996. The zero-order chi connectivity index (χ0) is 25.9. The summed E-state index contributed by atoms with van der Waals surface area (Å²) in [6.45, 7) is 1.62. The molecule has 13 heteroatoms. The van der Waals surface area contributed by atoms with Crippen LogP contribution >= 0.6 is 12.4 Å². The molecule has 1 N–H and O–H groups in total. The number of likely N-dealkylation sites (tertiary alicyclic amines) is 1. The summed E-state index contributed by atoms with van der Waals surface area (Å²) in [5.74, 6) is -1.86. The molecular weight excluding hydrogens is 530 g/mol. The first-order valence-electron chi connectivity index (χ1n) is 10.7. The topological polar surface area (TPSA) is 93.1 Å². The summed E-state index contributed by atoms with van der Waals surface area (Å²) < 4.78 is 84.5. The highest BCUT2D eigenvalue weighted by molar-refractivity contribution is 7.93. The Balaban J connectivity index is 0.00000456. The number of methoxy groups -OCH3 is 1. The van der Waals surface area contributed by atoms with Gasteiger partial charge in [0.15, 0.2) is 14.6 Å². The van der Waals surface area contributed by atoms with E-state index in [0.717, 1.165) is 12.1 Å². The van der Waals surface area contributed by atoms with Gasteiger partial charge in [0.25, 0.3) is 0 Å². The average Bonchev–Trinajstić information content (AvgIpc) is 2.83. The van der Waals surface area contributed by atoms with Crippen molar-refractivity contribution in [2.75, 3.05) is 33.4 Å². The first-order valence-corrected chi connectivity index (χ1v) is 12.2. The van der Waals surface area contributed by atoms with Gasteiger partial charge in [-0.05, 0) is 48.2 Å². The van der Waals surface area contributed by atoms with Gasteiger partial charge in [-0.25, -0.2) is 8.42 Å². The van der Waals surface area contributed by atoms with Crippen molar-refractivity contribution in [1.82, 2.24) is 4.90 Å². The zero-order valence-electron chi connectivity index (χ0n) is 19.2. The van der Waals surface area contributed by atoms with Gasteiger partial charge in [0.1, 0.15) is 5.75 Å². The first kappa shape index (κ1) is 29.8. The Hall–Kier alpha value is -2.41. The lowest BCUT2D eigenvalue weighted by Crippen LogP contribution is -2.54. The smallest absolute Gasteiger partial charge is 0.461 e. The fourth-order valence-corrected chi connectivity index (χ4v) is 5.82. The number of alkyl halides is 4. The Morgan fingerprint density at radius 3 is 2.00 bits per heavy atom. The number of carboxylic acids is 1. The molecule has 0 spiro atoms. The third-order valence-electron chi connectivity index (χ3n) is 6.04. The summed E-state index contributed by atoms with van der Waals surface area (Å²) in [4.78, 5) is 13.9. The molecule has 200 valence electrons. The molecule has 0 unspecified atom stereocenters. The Bertz CT molecular complexity index is 1120. The number of hydrogen-bond acceptors (Lipinski definition) is 6. The summed E-state index contributed by atoms with van der Waals surface area (Å²) in [6.07, 6.45) is -8.75. The molecule has 0 saturated carbocycles. The molecule has 1 aliphatic rings. The molecule has 0 radical (unpaired) electrons. The molecule has 0 amide bonds. The number of carboxylic acid groups (broad SMARTS) is 1. The SMILES string of the molecule is COCCN1CCC(C(=O)O)(S(=O)(=O)c2ccc(-c3ccc(OC(F)(F)C(F)F)cc3)cc2)CC1.Cl. The van der Waals surface area contributed by atoms with Crippen LogP contribution < -0.4 is 4.74 Å². The highest BCUT2D eigenvalue weighted by Crippen LogP contribution is 2.37. The van der Waals surface area contributed by atoms with Crippen LogP contribution in [0.15, 0.2) is 53.4 Å². The lowest BCUT2D eigenvalue weighted by Gasteiger charge is -2.38. The number of rotatable bonds is 10. The van der Waals surface area contributed by atoms with E-state index < -0.39 is 38.8 Å². The number of aliphatic carboxylic acids is 1. The average molecular weight is 556 g/mol. The van der Waals surface area contributed by atoms with E-state index in [2.05, 4.69) is 4.74 Å². The maximum Gasteiger partial charge on any atom is 0.461 e. The second-order valence-corrected chi connectivity index (χ2v) is 10.4. The van der Waals surface area contributed by atoms with Crippen molar-refractivity contribution in [1.29, 1.82) is 0 Å². The van der Waals surface area contributed by atoms with Crippen LogP contribution in [0.5, 0.6) is 5.75 Å². The van der Waals surface area contributed by atoms with E-state index in [0.29, 0.717) is 37.4 Å². The molecule has 0 aliphatic carbocycles.